The number of aliphatic hydroxyl groups excluding tert-OH is 3. The van der Waals surface area contributed by atoms with Gasteiger partial charge >= 0.3 is 5.97 Å². The van der Waals surface area contributed by atoms with Crippen molar-refractivity contribution in [2.45, 2.75) is 37.6 Å². The molecule has 0 bridgehead atoms. The molecule has 1 aliphatic rings. The van der Waals surface area contributed by atoms with E-state index in [4.69, 9.17) is 20.1 Å². The summed E-state index contributed by atoms with van der Waals surface area (Å²) in [5.41, 5.74) is 8.12. The minimum Gasteiger partial charge on any atom is -0.434 e. The zero-order valence-electron chi connectivity index (χ0n) is 11.1. The number of rotatable bonds is 5. The van der Waals surface area contributed by atoms with Crippen LogP contribution < -0.4 is 5.32 Å². The van der Waals surface area contributed by atoms with Gasteiger partial charge in [0.15, 0.2) is 0 Å². The van der Waals surface area contributed by atoms with Crippen LogP contribution in [0, 0.1) is 0 Å². The fourth-order valence-corrected chi connectivity index (χ4v) is 1.83. The molecule has 0 radical (unpaired) electrons. The Morgan fingerprint density at radius 1 is 1.43 bits per heavy atom. The van der Waals surface area contributed by atoms with Crippen LogP contribution in [0.5, 0.6) is 0 Å². The van der Waals surface area contributed by atoms with E-state index in [1.54, 1.807) is 0 Å². The van der Waals surface area contributed by atoms with Crippen LogP contribution in [-0.4, -0.2) is 71.0 Å². The maximum Gasteiger partial charge on any atom is 0.305 e. The molecule has 0 aromatic rings. The summed E-state index contributed by atoms with van der Waals surface area (Å²) in [5, 5.41) is 34.0. The Bertz CT molecular complexity index is 439. The molecule has 0 aliphatic carbocycles. The van der Waals surface area contributed by atoms with E-state index in [9.17, 15) is 19.8 Å². The monoisotopic (exact) mass is 304 g/mol. The number of esters is 1. The van der Waals surface area contributed by atoms with Gasteiger partial charge < -0.3 is 30.1 Å². The van der Waals surface area contributed by atoms with Gasteiger partial charge in [-0.2, -0.15) is 0 Å². The molecular weight excluding hydrogens is 288 g/mol. The van der Waals surface area contributed by atoms with Gasteiger partial charge in [-0.05, 0) is 5.53 Å². The summed E-state index contributed by atoms with van der Waals surface area (Å²) in [6.07, 6.45) is -5.61. The Hall–Kier alpha value is -1.91. The second-order valence-corrected chi connectivity index (χ2v) is 4.30. The van der Waals surface area contributed by atoms with Gasteiger partial charge in [-0.15, -0.1) is 0 Å². The van der Waals surface area contributed by atoms with Crippen molar-refractivity contribution < 1.29 is 34.4 Å². The lowest BCUT2D eigenvalue weighted by atomic mass is 9.97. The standard InChI is InChI=1S/C10H16N4O7/c1-4(16)20-10-7(13-6(17)2-12-14-11)9(19)8(18)5(3-15)21-10/h5,7-10,15,18-19H,2-3H2,1H3,(H,13,17)/t5?,7-,8-,9?,10?/m1/s1. The SMILES string of the molecule is CC(=O)OC1OC(CO)[C@@H](O)C(O)[C@H]1NC(=O)CN=[N+]=[N-]. The third kappa shape index (κ3) is 4.55. The van der Waals surface area contributed by atoms with Gasteiger partial charge in [0.25, 0.3) is 0 Å². The van der Waals surface area contributed by atoms with Crippen molar-refractivity contribution in [2.75, 3.05) is 13.2 Å². The molecule has 0 aromatic carbocycles. The van der Waals surface area contributed by atoms with Crippen LogP contribution in [-0.2, 0) is 19.1 Å². The fraction of sp³-hybridized carbons (Fsp3) is 0.800. The molecule has 4 N–H and O–H groups in total. The van der Waals surface area contributed by atoms with E-state index in [1.165, 1.54) is 0 Å². The normalized spacial score (nSPS) is 31.9. The van der Waals surface area contributed by atoms with Gasteiger partial charge in [0.05, 0.1) is 6.61 Å². The number of hydrogen-bond donors (Lipinski definition) is 4. The molecule has 11 nitrogen and oxygen atoms in total. The van der Waals surface area contributed by atoms with Crippen LogP contribution in [0.25, 0.3) is 10.4 Å². The van der Waals surface area contributed by atoms with Crippen LogP contribution in [0.15, 0.2) is 5.11 Å². The Morgan fingerprint density at radius 2 is 2.10 bits per heavy atom. The molecule has 1 heterocycles. The molecule has 0 aromatic heterocycles. The van der Waals surface area contributed by atoms with E-state index in [-0.39, 0.29) is 0 Å². The molecule has 21 heavy (non-hydrogen) atoms. The maximum absolute atomic E-state index is 11.5. The molecule has 1 fully saturated rings. The quantitative estimate of drug-likeness (QED) is 0.192. The number of amides is 1. The van der Waals surface area contributed by atoms with E-state index in [1.807, 2.05) is 0 Å². The number of nitrogens with zero attached hydrogens (tertiary/aromatic N) is 3. The zero-order valence-corrected chi connectivity index (χ0v) is 11.1. The Labute approximate surface area is 119 Å². The van der Waals surface area contributed by atoms with Crippen molar-refractivity contribution in [1.29, 1.82) is 0 Å². The first-order valence-corrected chi connectivity index (χ1v) is 6.00. The molecule has 3 unspecified atom stereocenters. The maximum atomic E-state index is 11.5. The highest BCUT2D eigenvalue weighted by Gasteiger charge is 2.46. The molecule has 1 aliphatic heterocycles. The smallest absolute Gasteiger partial charge is 0.305 e. The van der Waals surface area contributed by atoms with Crippen molar-refractivity contribution in [3.8, 4) is 0 Å². The Morgan fingerprint density at radius 3 is 2.62 bits per heavy atom. The van der Waals surface area contributed by atoms with Crippen molar-refractivity contribution in [2.24, 2.45) is 5.11 Å². The van der Waals surface area contributed by atoms with Crippen LogP contribution >= 0.6 is 0 Å². The number of hydrogen-bond acceptors (Lipinski definition) is 8. The van der Waals surface area contributed by atoms with Crippen LogP contribution in [0.4, 0.5) is 0 Å². The number of ether oxygens (including phenoxy) is 2. The summed E-state index contributed by atoms with van der Waals surface area (Å²) >= 11 is 0. The zero-order chi connectivity index (χ0) is 16.0. The lowest BCUT2D eigenvalue weighted by Gasteiger charge is -2.41. The lowest BCUT2D eigenvalue weighted by molar-refractivity contribution is -0.262. The molecule has 1 rings (SSSR count). The van der Waals surface area contributed by atoms with E-state index < -0.39 is 55.7 Å². The van der Waals surface area contributed by atoms with Gasteiger partial charge in [0.1, 0.15) is 30.9 Å². The molecule has 118 valence electrons. The average Bonchev–Trinajstić information content (AvgIpc) is 2.43. The first-order valence-electron chi connectivity index (χ1n) is 6.00. The van der Waals surface area contributed by atoms with Crippen molar-refractivity contribution in [3.63, 3.8) is 0 Å². The largest absolute Gasteiger partial charge is 0.434 e. The summed E-state index contributed by atoms with van der Waals surface area (Å²) in [4.78, 5) is 24.9. The van der Waals surface area contributed by atoms with Gasteiger partial charge in [-0.3, -0.25) is 9.59 Å². The highest BCUT2D eigenvalue weighted by Crippen LogP contribution is 2.22. The summed E-state index contributed by atoms with van der Waals surface area (Å²) in [5.74, 6) is -1.50. The second kappa shape index (κ2) is 7.76. The summed E-state index contributed by atoms with van der Waals surface area (Å²) in [6, 6.07) is -1.27. The van der Waals surface area contributed by atoms with E-state index in [0.717, 1.165) is 6.92 Å². The molecule has 5 atom stereocenters. The number of nitrogens with one attached hydrogen (secondary N) is 1. The van der Waals surface area contributed by atoms with Gasteiger partial charge in [0, 0.05) is 11.8 Å². The first kappa shape index (κ1) is 17.1. The molecular formula is C10H16N4O7. The topological polar surface area (TPSA) is 174 Å². The predicted molar refractivity (Wildman–Crippen MR) is 65.5 cm³/mol. The van der Waals surface area contributed by atoms with Gasteiger partial charge in [-0.25, -0.2) is 0 Å². The molecule has 0 spiro atoms. The first-order chi connectivity index (χ1) is 9.90. The van der Waals surface area contributed by atoms with Crippen LogP contribution in [0.2, 0.25) is 0 Å². The molecule has 11 heteroatoms. The lowest BCUT2D eigenvalue weighted by Crippen LogP contribution is -2.65. The van der Waals surface area contributed by atoms with Crippen molar-refractivity contribution in [1.82, 2.24) is 5.32 Å². The van der Waals surface area contributed by atoms with Crippen molar-refractivity contribution in [3.05, 3.63) is 10.4 Å². The molecule has 1 amide bonds. The number of carbonyl (C=O) groups excluding carboxylic acids is 2. The Kier molecular flexibility index (Phi) is 6.34. The number of azide groups is 1. The highest BCUT2D eigenvalue weighted by molar-refractivity contribution is 5.78. The summed E-state index contributed by atoms with van der Waals surface area (Å²) in [6.45, 7) is -0.0605. The molecule has 0 saturated carbocycles. The van der Waals surface area contributed by atoms with E-state index in [2.05, 4.69) is 15.3 Å². The minimum atomic E-state index is -1.55. The predicted octanol–water partition coefficient (Wildman–Crippen LogP) is -2.22. The third-order valence-corrected chi connectivity index (χ3v) is 2.77. The highest BCUT2D eigenvalue weighted by atomic mass is 16.7. The van der Waals surface area contributed by atoms with Crippen molar-refractivity contribution >= 4 is 11.9 Å². The van der Waals surface area contributed by atoms with Crippen LogP contribution in [0.3, 0.4) is 0 Å². The number of carbonyl (C=O) groups is 2. The number of aliphatic hydroxyl groups is 3. The van der Waals surface area contributed by atoms with Gasteiger partial charge in [-0.1, -0.05) is 5.11 Å². The van der Waals surface area contributed by atoms with Crippen LogP contribution in [0.1, 0.15) is 6.92 Å². The van der Waals surface area contributed by atoms with Gasteiger partial charge in [0.2, 0.25) is 12.2 Å². The Balaban J connectivity index is 2.85. The molecule has 1 saturated heterocycles. The third-order valence-electron chi connectivity index (χ3n) is 2.77. The second-order valence-electron chi connectivity index (χ2n) is 4.30. The van der Waals surface area contributed by atoms with E-state index >= 15 is 0 Å². The van der Waals surface area contributed by atoms with E-state index in [0.29, 0.717) is 0 Å². The fourth-order valence-electron chi connectivity index (χ4n) is 1.83. The summed E-state index contributed by atoms with van der Waals surface area (Å²) in [7, 11) is 0. The summed E-state index contributed by atoms with van der Waals surface area (Å²) < 4.78 is 9.92. The minimum absolute atomic E-state index is 0.536. The average molecular weight is 304 g/mol.